The molecule has 1 fully saturated rings. The Morgan fingerprint density at radius 2 is 2.26 bits per heavy atom. The van der Waals surface area contributed by atoms with Crippen LogP contribution in [0.5, 0.6) is 0 Å². The van der Waals surface area contributed by atoms with Gasteiger partial charge in [0.15, 0.2) is 0 Å². The van der Waals surface area contributed by atoms with Gasteiger partial charge in [0.1, 0.15) is 0 Å². The molecule has 1 aliphatic rings. The largest absolute Gasteiger partial charge is 0.377 e. The molecule has 0 radical (unpaired) electrons. The lowest BCUT2D eigenvalue weighted by atomic mass is 9.99. The first-order valence-electron chi connectivity index (χ1n) is 6.99. The number of hydrogen-bond acceptors (Lipinski definition) is 2. The summed E-state index contributed by atoms with van der Waals surface area (Å²) >= 11 is 12.3. The lowest BCUT2D eigenvalue weighted by molar-refractivity contribution is 0.0784. The Labute approximate surface area is 125 Å². The molecule has 2 nitrogen and oxygen atoms in total. The van der Waals surface area contributed by atoms with Gasteiger partial charge >= 0.3 is 0 Å². The van der Waals surface area contributed by atoms with Gasteiger partial charge in [0.25, 0.3) is 0 Å². The van der Waals surface area contributed by atoms with Crippen LogP contribution in [-0.2, 0) is 11.2 Å². The van der Waals surface area contributed by atoms with E-state index in [1.54, 1.807) is 0 Å². The van der Waals surface area contributed by atoms with Crippen molar-refractivity contribution in [1.29, 1.82) is 0 Å². The third-order valence-corrected chi connectivity index (χ3v) is 4.12. The summed E-state index contributed by atoms with van der Waals surface area (Å²) in [6, 6.07) is 5.97. The fraction of sp³-hybridized carbons (Fsp3) is 0.600. The normalized spacial score (nSPS) is 20.7. The highest BCUT2D eigenvalue weighted by atomic mass is 35.5. The summed E-state index contributed by atoms with van der Waals surface area (Å²) < 4.78 is 5.82. The molecule has 1 aliphatic heterocycles. The molecule has 4 heteroatoms. The average molecular weight is 302 g/mol. The van der Waals surface area contributed by atoms with Crippen LogP contribution in [0.1, 0.15) is 31.7 Å². The van der Waals surface area contributed by atoms with Gasteiger partial charge in [0, 0.05) is 22.7 Å². The van der Waals surface area contributed by atoms with Crippen molar-refractivity contribution < 1.29 is 4.74 Å². The van der Waals surface area contributed by atoms with Gasteiger partial charge < -0.3 is 10.1 Å². The van der Waals surface area contributed by atoms with E-state index >= 15 is 0 Å². The third kappa shape index (κ3) is 4.35. The molecule has 0 spiro atoms. The molecular formula is C15H21Cl2NO. The van der Waals surface area contributed by atoms with Crippen molar-refractivity contribution in [2.45, 2.75) is 44.8 Å². The summed E-state index contributed by atoms with van der Waals surface area (Å²) in [6.45, 7) is 4.05. The second-order valence-electron chi connectivity index (χ2n) is 5.05. The number of nitrogens with one attached hydrogen (secondary N) is 1. The van der Waals surface area contributed by atoms with Crippen LogP contribution in [0.25, 0.3) is 0 Å². The molecule has 0 bridgehead atoms. The number of rotatable bonds is 6. The molecule has 1 aromatic rings. The summed E-state index contributed by atoms with van der Waals surface area (Å²) in [5.41, 5.74) is 1.10. The standard InChI is InChI=1S/C15H21Cl2NO/c1-2-7-18-14(15-4-3-8-19-15)10-11-9-12(16)5-6-13(11)17/h5-6,9,14-15,18H,2-4,7-8,10H2,1H3. The fourth-order valence-corrected chi connectivity index (χ4v) is 2.91. The van der Waals surface area contributed by atoms with E-state index < -0.39 is 0 Å². The Bertz CT molecular complexity index is 405. The number of ether oxygens (including phenoxy) is 1. The molecule has 2 atom stereocenters. The predicted octanol–water partition coefficient (Wildman–Crippen LogP) is 4.08. The SMILES string of the molecule is CCCNC(Cc1cc(Cl)ccc1Cl)C1CCCO1. The van der Waals surface area contributed by atoms with Gasteiger partial charge in [0.05, 0.1) is 6.10 Å². The maximum absolute atomic E-state index is 6.25. The van der Waals surface area contributed by atoms with Crippen LogP contribution in [0.3, 0.4) is 0 Å². The first kappa shape index (κ1) is 15.1. The zero-order valence-corrected chi connectivity index (χ0v) is 12.8. The number of benzene rings is 1. The zero-order chi connectivity index (χ0) is 13.7. The summed E-state index contributed by atoms with van der Waals surface area (Å²) in [5.74, 6) is 0. The molecular weight excluding hydrogens is 281 g/mol. The highest BCUT2D eigenvalue weighted by Gasteiger charge is 2.26. The summed E-state index contributed by atoms with van der Waals surface area (Å²) in [5, 5.41) is 5.10. The molecule has 19 heavy (non-hydrogen) atoms. The van der Waals surface area contributed by atoms with E-state index in [-0.39, 0.29) is 0 Å². The maximum Gasteiger partial charge on any atom is 0.0732 e. The summed E-state index contributed by atoms with van der Waals surface area (Å²) in [7, 11) is 0. The fourth-order valence-electron chi connectivity index (χ4n) is 2.52. The molecule has 1 saturated heterocycles. The van der Waals surface area contributed by atoms with Crippen molar-refractivity contribution in [2.75, 3.05) is 13.2 Å². The second-order valence-corrected chi connectivity index (χ2v) is 5.90. The van der Waals surface area contributed by atoms with Crippen LogP contribution in [0.15, 0.2) is 18.2 Å². The van der Waals surface area contributed by atoms with Crippen LogP contribution in [0.2, 0.25) is 10.0 Å². The van der Waals surface area contributed by atoms with Gasteiger partial charge in [-0.15, -0.1) is 0 Å². The van der Waals surface area contributed by atoms with Gasteiger partial charge in [-0.25, -0.2) is 0 Å². The predicted molar refractivity (Wildman–Crippen MR) is 81.2 cm³/mol. The molecule has 0 aliphatic carbocycles. The van der Waals surface area contributed by atoms with E-state index in [2.05, 4.69) is 12.2 Å². The van der Waals surface area contributed by atoms with Crippen molar-refractivity contribution in [3.05, 3.63) is 33.8 Å². The van der Waals surface area contributed by atoms with E-state index in [0.717, 1.165) is 54.4 Å². The van der Waals surface area contributed by atoms with Crippen LogP contribution in [-0.4, -0.2) is 25.3 Å². The topological polar surface area (TPSA) is 21.3 Å². The Morgan fingerprint density at radius 1 is 1.42 bits per heavy atom. The maximum atomic E-state index is 6.25. The Balaban J connectivity index is 2.07. The second kappa shape index (κ2) is 7.49. The van der Waals surface area contributed by atoms with Gasteiger partial charge in [-0.3, -0.25) is 0 Å². The highest BCUT2D eigenvalue weighted by Crippen LogP contribution is 2.25. The monoisotopic (exact) mass is 301 g/mol. The number of hydrogen-bond donors (Lipinski definition) is 1. The first-order valence-corrected chi connectivity index (χ1v) is 7.75. The minimum atomic E-state index is 0.293. The van der Waals surface area contributed by atoms with Crippen LogP contribution in [0, 0.1) is 0 Å². The molecule has 0 saturated carbocycles. The first-order chi connectivity index (χ1) is 9.20. The molecule has 0 amide bonds. The van der Waals surface area contributed by atoms with Gasteiger partial charge in [0.2, 0.25) is 0 Å². The van der Waals surface area contributed by atoms with E-state index in [1.165, 1.54) is 0 Å². The number of halogens is 2. The smallest absolute Gasteiger partial charge is 0.0732 e. The van der Waals surface area contributed by atoms with Crippen molar-refractivity contribution in [3.63, 3.8) is 0 Å². The van der Waals surface area contributed by atoms with E-state index in [4.69, 9.17) is 27.9 Å². The Kier molecular flexibility index (Phi) is 5.96. The summed E-state index contributed by atoms with van der Waals surface area (Å²) in [4.78, 5) is 0. The third-order valence-electron chi connectivity index (χ3n) is 3.52. The van der Waals surface area contributed by atoms with Crippen LogP contribution in [0.4, 0.5) is 0 Å². The van der Waals surface area contributed by atoms with Gasteiger partial charge in [-0.2, -0.15) is 0 Å². The minimum absolute atomic E-state index is 0.293. The van der Waals surface area contributed by atoms with E-state index in [1.807, 2.05) is 18.2 Å². The molecule has 1 N–H and O–H groups in total. The lowest BCUT2D eigenvalue weighted by Gasteiger charge is -2.25. The van der Waals surface area contributed by atoms with Crippen molar-refractivity contribution in [2.24, 2.45) is 0 Å². The molecule has 106 valence electrons. The molecule has 0 aromatic heterocycles. The minimum Gasteiger partial charge on any atom is -0.377 e. The molecule has 1 aromatic carbocycles. The zero-order valence-electron chi connectivity index (χ0n) is 11.3. The van der Waals surface area contributed by atoms with Crippen molar-refractivity contribution >= 4 is 23.2 Å². The highest BCUT2D eigenvalue weighted by molar-refractivity contribution is 6.33. The molecule has 2 unspecified atom stereocenters. The van der Waals surface area contributed by atoms with Crippen LogP contribution < -0.4 is 5.32 Å². The van der Waals surface area contributed by atoms with Crippen molar-refractivity contribution in [1.82, 2.24) is 5.32 Å². The van der Waals surface area contributed by atoms with Gasteiger partial charge in [-0.05, 0) is 56.0 Å². The van der Waals surface area contributed by atoms with E-state index in [0.29, 0.717) is 12.1 Å². The Hall–Kier alpha value is -0.280. The van der Waals surface area contributed by atoms with E-state index in [9.17, 15) is 0 Å². The average Bonchev–Trinajstić information content (AvgIpc) is 2.92. The molecule has 1 heterocycles. The summed E-state index contributed by atoms with van der Waals surface area (Å²) in [6.07, 6.45) is 4.55. The lowest BCUT2D eigenvalue weighted by Crippen LogP contribution is -2.41. The van der Waals surface area contributed by atoms with Crippen LogP contribution >= 0.6 is 23.2 Å². The van der Waals surface area contributed by atoms with Gasteiger partial charge in [-0.1, -0.05) is 30.1 Å². The van der Waals surface area contributed by atoms with Crippen molar-refractivity contribution in [3.8, 4) is 0 Å². The molecule has 2 rings (SSSR count). The quantitative estimate of drug-likeness (QED) is 0.855. The Morgan fingerprint density at radius 3 is 2.95 bits per heavy atom.